The van der Waals surface area contributed by atoms with Crippen LogP contribution in [0.15, 0.2) is 15.7 Å². The summed E-state index contributed by atoms with van der Waals surface area (Å²) < 4.78 is 27.4. The molecule has 8 heteroatoms. The molecular weight excluding hydrogens is 310 g/mol. The number of nitrogens with zero attached hydrogens (tertiary/aromatic N) is 1. The Hall–Kier alpha value is -0.630. The maximum absolute atomic E-state index is 12.2. The van der Waals surface area contributed by atoms with Crippen molar-refractivity contribution in [3.8, 4) is 0 Å². The number of amides is 1. The molecule has 106 valence electrons. The lowest BCUT2D eigenvalue weighted by atomic mass is 10.1. The SMILES string of the molecule is COCC1CCN(C(=O)c2csc(S(=O)(=O)Cl)c2)C1. The van der Waals surface area contributed by atoms with E-state index in [-0.39, 0.29) is 10.1 Å². The molecule has 0 aromatic carbocycles. The van der Waals surface area contributed by atoms with Gasteiger partial charge < -0.3 is 9.64 Å². The second-order valence-electron chi connectivity index (χ2n) is 4.45. The summed E-state index contributed by atoms with van der Waals surface area (Å²) >= 11 is 0.963. The summed E-state index contributed by atoms with van der Waals surface area (Å²) in [5.74, 6) is 0.199. The van der Waals surface area contributed by atoms with E-state index in [0.29, 0.717) is 31.2 Å². The lowest BCUT2D eigenvalue weighted by Gasteiger charge is -2.15. The number of ether oxygens (including phenoxy) is 1. The number of carbonyl (C=O) groups is 1. The van der Waals surface area contributed by atoms with E-state index in [1.54, 1.807) is 12.0 Å². The van der Waals surface area contributed by atoms with Gasteiger partial charge in [-0.25, -0.2) is 8.42 Å². The Balaban J connectivity index is 2.07. The van der Waals surface area contributed by atoms with Crippen LogP contribution in [0, 0.1) is 5.92 Å². The van der Waals surface area contributed by atoms with Gasteiger partial charge in [0.1, 0.15) is 4.21 Å². The number of thiophene rings is 1. The van der Waals surface area contributed by atoms with Gasteiger partial charge in [0.25, 0.3) is 15.0 Å². The Morgan fingerprint density at radius 2 is 2.37 bits per heavy atom. The molecule has 0 spiro atoms. The minimum Gasteiger partial charge on any atom is -0.384 e. The van der Waals surface area contributed by atoms with Crippen LogP contribution in [0.25, 0.3) is 0 Å². The molecule has 1 unspecified atom stereocenters. The quantitative estimate of drug-likeness (QED) is 0.792. The summed E-state index contributed by atoms with van der Waals surface area (Å²) in [7, 11) is 3.12. The second kappa shape index (κ2) is 5.78. The summed E-state index contributed by atoms with van der Waals surface area (Å²) in [5.41, 5.74) is 0.377. The average Bonchev–Trinajstić information content (AvgIpc) is 2.96. The van der Waals surface area contributed by atoms with Crippen LogP contribution in [0.1, 0.15) is 16.8 Å². The summed E-state index contributed by atoms with van der Waals surface area (Å²) in [4.78, 5) is 13.9. The fourth-order valence-electron chi connectivity index (χ4n) is 2.13. The van der Waals surface area contributed by atoms with Gasteiger partial charge in [-0.3, -0.25) is 4.79 Å². The highest BCUT2D eigenvalue weighted by Crippen LogP contribution is 2.26. The first kappa shape index (κ1) is 14.8. The largest absolute Gasteiger partial charge is 0.384 e. The summed E-state index contributed by atoms with van der Waals surface area (Å²) in [5, 5.41) is 1.53. The smallest absolute Gasteiger partial charge is 0.270 e. The molecule has 0 saturated carbocycles. The standard InChI is InChI=1S/C11H14ClNO4S2/c1-17-6-8-2-3-13(5-8)11(14)9-4-10(18-7-9)19(12,15)16/h4,7-8H,2-3,5-6H2,1H3. The number of methoxy groups -OCH3 is 1. The third-order valence-electron chi connectivity index (χ3n) is 3.04. The molecule has 2 rings (SSSR count). The Morgan fingerprint density at radius 1 is 1.63 bits per heavy atom. The summed E-state index contributed by atoms with van der Waals surface area (Å²) in [6.07, 6.45) is 0.907. The molecule has 1 aromatic heterocycles. The van der Waals surface area contributed by atoms with Crippen molar-refractivity contribution in [1.29, 1.82) is 0 Å². The van der Waals surface area contributed by atoms with Gasteiger partial charge in [0.05, 0.1) is 12.2 Å². The van der Waals surface area contributed by atoms with Crippen molar-refractivity contribution in [2.75, 3.05) is 26.8 Å². The first-order chi connectivity index (χ1) is 8.91. The summed E-state index contributed by atoms with van der Waals surface area (Å²) in [6.45, 7) is 1.95. The van der Waals surface area contributed by atoms with Crippen molar-refractivity contribution >= 4 is 37.0 Å². The lowest BCUT2D eigenvalue weighted by Crippen LogP contribution is -2.28. The van der Waals surface area contributed by atoms with Crippen LogP contribution in [-0.2, 0) is 13.8 Å². The molecule has 1 aliphatic rings. The zero-order valence-corrected chi connectivity index (χ0v) is 12.7. The zero-order valence-electron chi connectivity index (χ0n) is 10.3. The van der Waals surface area contributed by atoms with Crippen molar-refractivity contribution in [3.63, 3.8) is 0 Å². The van der Waals surface area contributed by atoms with Crippen LogP contribution >= 0.6 is 22.0 Å². The van der Waals surface area contributed by atoms with Gasteiger partial charge in [-0.15, -0.1) is 11.3 Å². The van der Waals surface area contributed by atoms with E-state index in [1.165, 1.54) is 11.4 Å². The van der Waals surface area contributed by atoms with Crippen LogP contribution < -0.4 is 0 Å². The molecular formula is C11H14ClNO4S2. The number of likely N-dealkylation sites (tertiary alicyclic amines) is 1. The highest BCUT2D eigenvalue weighted by atomic mass is 35.7. The van der Waals surface area contributed by atoms with E-state index in [4.69, 9.17) is 15.4 Å². The molecule has 1 saturated heterocycles. The molecule has 0 aliphatic carbocycles. The van der Waals surface area contributed by atoms with Crippen LogP contribution in [-0.4, -0.2) is 46.0 Å². The first-order valence-electron chi connectivity index (χ1n) is 5.73. The van der Waals surface area contributed by atoms with Crippen molar-refractivity contribution in [2.45, 2.75) is 10.6 Å². The van der Waals surface area contributed by atoms with Gasteiger partial charge in [0, 0.05) is 42.2 Å². The Morgan fingerprint density at radius 3 is 2.95 bits per heavy atom. The molecule has 1 aromatic rings. The second-order valence-corrected chi connectivity index (χ2v) is 8.16. The predicted octanol–water partition coefficient (Wildman–Crippen LogP) is 1.78. The van der Waals surface area contributed by atoms with E-state index < -0.39 is 9.05 Å². The van der Waals surface area contributed by atoms with Gasteiger partial charge in [-0.1, -0.05) is 0 Å². The Bertz CT molecular complexity index is 569. The summed E-state index contributed by atoms with van der Waals surface area (Å²) in [6, 6.07) is 1.33. The Kier molecular flexibility index (Phi) is 4.50. The number of rotatable bonds is 4. The minimum atomic E-state index is -3.76. The maximum Gasteiger partial charge on any atom is 0.270 e. The molecule has 1 atom stereocenters. The fraction of sp³-hybridized carbons (Fsp3) is 0.545. The minimum absolute atomic E-state index is 0.00477. The third kappa shape index (κ3) is 3.47. The van der Waals surface area contributed by atoms with E-state index in [1.807, 2.05) is 0 Å². The third-order valence-corrected chi connectivity index (χ3v) is 6.08. The number of hydrogen-bond donors (Lipinski definition) is 0. The first-order valence-corrected chi connectivity index (χ1v) is 8.92. The average molecular weight is 324 g/mol. The zero-order chi connectivity index (χ0) is 14.0. The molecule has 0 bridgehead atoms. The number of hydrogen-bond acceptors (Lipinski definition) is 5. The highest BCUT2D eigenvalue weighted by Gasteiger charge is 2.28. The number of carbonyl (C=O) groups excluding carboxylic acids is 1. The van der Waals surface area contributed by atoms with E-state index in [0.717, 1.165) is 17.8 Å². The molecule has 2 heterocycles. The van der Waals surface area contributed by atoms with Gasteiger partial charge in [0.15, 0.2) is 0 Å². The molecule has 0 radical (unpaired) electrons. The van der Waals surface area contributed by atoms with Crippen LogP contribution in [0.4, 0.5) is 0 Å². The molecule has 1 aliphatic heterocycles. The fourth-order valence-corrected chi connectivity index (χ4v) is 4.07. The van der Waals surface area contributed by atoms with Crippen molar-refractivity contribution in [1.82, 2.24) is 4.90 Å². The predicted molar refractivity (Wildman–Crippen MR) is 73.2 cm³/mol. The molecule has 0 N–H and O–H groups in total. The molecule has 19 heavy (non-hydrogen) atoms. The van der Waals surface area contributed by atoms with Crippen molar-refractivity contribution < 1.29 is 17.9 Å². The van der Waals surface area contributed by atoms with E-state index in [9.17, 15) is 13.2 Å². The van der Waals surface area contributed by atoms with E-state index in [2.05, 4.69) is 0 Å². The van der Waals surface area contributed by atoms with Gasteiger partial charge >= 0.3 is 0 Å². The van der Waals surface area contributed by atoms with Gasteiger partial charge in [-0.05, 0) is 12.5 Å². The molecule has 1 fully saturated rings. The maximum atomic E-state index is 12.2. The van der Waals surface area contributed by atoms with Crippen LogP contribution in [0.5, 0.6) is 0 Å². The van der Waals surface area contributed by atoms with Crippen molar-refractivity contribution in [2.24, 2.45) is 5.92 Å². The van der Waals surface area contributed by atoms with Crippen molar-refractivity contribution in [3.05, 3.63) is 17.0 Å². The Labute approximate surface area is 120 Å². The van der Waals surface area contributed by atoms with E-state index >= 15 is 0 Å². The monoisotopic (exact) mass is 323 g/mol. The van der Waals surface area contributed by atoms with Crippen LogP contribution in [0.2, 0.25) is 0 Å². The molecule has 1 amide bonds. The topological polar surface area (TPSA) is 63.7 Å². The van der Waals surface area contributed by atoms with Gasteiger partial charge in [-0.2, -0.15) is 0 Å². The van der Waals surface area contributed by atoms with Crippen LogP contribution in [0.3, 0.4) is 0 Å². The molecule has 5 nitrogen and oxygen atoms in total. The normalized spacial score (nSPS) is 19.9. The highest BCUT2D eigenvalue weighted by molar-refractivity contribution is 8.15. The van der Waals surface area contributed by atoms with Gasteiger partial charge in [0.2, 0.25) is 0 Å². The number of halogens is 1. The lowest BCUT2D eigenvalue weighted by molar-refractivity contribution is 0.0776.